The van der Waals surface area contributed by atoms with Crippen LogP contribution in [0.3, 0.4) is 0 Å². The average Bonchev–Trinajstić information content (AvgIpc) is 3.36. The van der Waals surface area contributed by atoms with Crippen molar-refractivity contribution in [2.45, 2.75) is 42.4 Å². The molecular weight excluding hydrogens is 454 g/mol. The second-order valence-corrected chi connectivity index (χ2v) is 9.96. The van der Waals surface area contributed by atoms with Crippen LogP contribution in [0.25, 0.3) is 0 Å². The van der Waals surface area contributed by atoms with Gasteiger partial charge in [0.05, 0.1) is 24.5 Å². The summed E-state index contributed by atoms with van der Waals surface area (Å²) in [6.07, 6.45) is 6.62. The highest BCUT2D eigenvalue weighted by molar-refractivity contribution is 7.92. The molecule has 2 aromatic carbocycles. The molecule has 0 aliphatic heterocycles. The minimum Gasteiger partial charge on any atom is -0.493 e. The number of hydrogen-bond donors (Lipinski definition) is 1. The molecular formula is C25H27N3O5S. The van der Waals surface area contributed by atoms with Crippen molar-refractivity contribution in [3.63, 3.8) is 0 Å². The minimum absolute atomic E-state index is 0.000140. The number of ether oxygens (including phenoxy) is 2. The Morgan fingerprint density at radius 3 is 2.24 bits per heavy atom. The first-order chi connectivity index (χ1) is 16.4. The number of hydrogen-bond acceptors (Lipinski definition) is 7. The molecule has 1 N–H and O–H groups in total. The number of ketones is 1. The molecule has 0 unspecified atom stereocenters. The van der Waals surface area contributed by atoms with Gasteiger partial charge in [0.2, 0.25) is 5.95 Å². The van der Waals surface area contributed by atoms with Gasteiger partial charge in [-0.2, -0.15) is 0 Å². The van der Waals surface area contributed by atoms with Gasteiger partial charge in [0.1, 0.15) is 5.78 Å². The molecule has 0 amide bonds. The summed E-state index contributed by atoms with van der Waals surface area (Å²) in [4.78, 5) is 21.4. The van der Waals surface area contributed by atoms with Gasteiger partial charge in [-0.25, -0.2) is 23.1 Å². The monoisotopic (exact) mass is 481 g/mol. The molecule has 178 valence electrons. The summed E-state index contributed by atoms with van der Waals surface area (Å²) in [5, 5.41) is 0. The molecule has 9 heteroatoms. The summed E-state index contributed by atoms with van der Waals surface area (Å²) in [6, 6.07) is 13.6. The number of aromatic nitrogens is 2. The SMILES string of the molecule is COc1ccc(C2(C(=O)Cc3ccc(S(=O)(=O)Nc4ncccn4)cc3)CCCC2)cc1OC. The molecule has 0 saturated heterocycles. The van der Waals surface area contributed by atoms with E-state index in [1.54, 1.807) is 32.4 Å². The number of methoxy groups -OCH3 is 2. The van der Waals surface area contributed by atoms with Gasteiger partial charge in [0.15, 0.2) is 11.5 Å². The van der Waals surface area contributed by atoms with Crippen LogP contribution in [0, 0.1) is 0 Å². The number of benzene rings is 2. The van der Waals surface area contributed by atoms with Crippen LogP contribution >= 0.6 is 0 Å². The van der Waals surface area contributed by atoms with Crippen LogP contribution in [-0.4, -0.2) is 38.4 Å². The number of anilines is 1. The lowest BCUT2D eigenvalue weighted by atomic mass is 9.73. The van der Waals surface area contributed by atoms with E-state index in [-0.39, 0.29) is 23.0 Å². The predicted molar refractivity (Wildman–Crippen MR) is 128 cm³/mol. The van der Waals surface area contributed by atoms with E-state index < -0.39 is 15.4 Å². The molecule has 1 aliphatic carbocycles. The first kappa shape index (κ1) is 23.7. The zero-order valence-electron chi connectivity index (χ0n) is 19.2. The molecule has 0 atom stereocenters. The molecule has 1 saturated carbocycles. The van der Waals surface area contributed by atoms with E-state index in [1.165, 1.54) is 24.5 Å². The van der Waals surface area contributed by atoms with Gasteiger partial charge < -0.3 is 9.47 Å². The Balaban J connectivity index is 1.54. The van der Waals surface area contributed by atoms with Crippen LogP contribution in [0.1, 0.15) is 36.8 Å². The molecule has 1 aromatic heterocycles. The van der Waals surface area contributed by atoms with Crippen molar-refractivity contribution in [2.24, 2.45) is 0 Å². The van der Waals surface area contributed by atoms with Crippen molar-refractivity contribution in [3.8, 4) is 11.5 Å². The highest BCUT2D eigenvalue weighted by Crippen LogP contribution is 2.45. The number of nitrogens with one attached hydrogen (secondary N) is 1. The van der Waals surface area contributed by atoms with Gasteiger partial charge in [0, 0.05) is 18.8 Å². The second kappa shape index (κ2) is 9.80. The van der Waals surface area contributed by atoms with Crippen LogP contribution < -0.4 is 14.2 Å². The minimum atomic E-state index is -3.83. The van der Waals surface area contributed by atoms with Crippen LogP contribution in [0.15, 0.2) is 65.8 Å². The van der Waals surface area contributed by atoms with Crippen molar-refractivity contribution in [1.82, 2.24) is 9.97 Å². The summed E-state index contributed by atoms with van der Waals surface area (Å²) in [6.45, 7) is 0. The molecule has 0 spiro atoms. The van der Waals surface area contributed by atoms with E-state index in [2.05, 4.69) is 14.7 Å². The lowest BCUT2D eigenvalue weighted by Crippen LogP contribution is -2.34. The standard InChI is InChI=1S/C25H27N3O5S/c1-32-21-11-8-19(17-22(21)33-2)25(12-3-4-13-25)23(29)16-18-6-9-20(10-7-18)34(30,31)28-24-26-14-5-15-27-24/h5-11,14-15,17H,3-4,12-13,16H2,1-2H3,(H,26,27,28). The lowest BCUT2D eigenvalue weighted by molar-refractivity contribution is -0.123. The number of sulfonamides is 1. The Bertz CT molecular complexity index is 1260. The Hall–Kier alpha value is -3.46. The van der Waals surface area contributed by atoms with E-state index in [4.69, 9.17) is 9.47 Å². The van der Waals surface area contributed by atoms with Crippen molar-refractivity contribution in [1.29, 1.82) is 0 Å². The molecule has 1 fully saturated rings. The maximum absolute atomic E-state index is 13.6. The fourth-order valence-corrected chi connectivity index (χ4v) is 5.47. The number of nitrogens with zero attached hydrogens (tertiary/aromatic N) is 2. The first-order valence-electron chi connectivity index (χ1n) is 11.0. The molecule has 1 heterocycles. The Morgan fingerprint density at radius 1 is 0.971 bits per heavy atom. The van der Waals surface area contributed by atoms with Crippen molar-refractivity contribution in [2.75, 3.05) is 18.9 Å². The normalized spacial score (nSPS) is 15.0. The smallest absolute Gasteiger partial charge is 0.264 e. The fourth-order valence-electron chi connectivity index (χ4n) is 4.51. The van der Waals surface area contributed by atoms with Crippen LogP contribution in [0.4, 0.5) is 5.95 Å². The summed E-state index contributed by atoms with van der Waals surface area (Å²) in [5.41, 5.74) is 1.10. The third-order valence-electron chi connectivity index (χ3n) is 6.32. The number of Topliss-reactive ketones (excluding diaryl/α,β-unsaturated/α-hetero) is 1. The number of rotatable bonds is 9. The summed E-state index contributed by atoms with van der Waals surface area (Å²) in [5.74, 6) is 1.34. The summed E-state index contributed by atoms with van der Waals surface area (Å²) < 4.78 is 38.4. The number of carbonyl (C=O) groups is 1. The topological polar surface area (TPSA) is 107 Å². The Morgan fingerprint density at radius 2 is 1.62 bits per heavy atom. The molecule has 0 radical (unpaired) electrons. The maximum atomic E-state index is 13.6. The van der Waals surface area contributed by atoms with Crippen molar-refractivity contribution >= 4 is 21.8 Å². The van der Waals surface area contributed by atoms with Crippen LogP contribution in [-0.2, 0) is 26.7 Å². The Kier molecular flexibility index (Phi) is 6.83. The van der Waals surface area contributed by atoms with Crippen LogP contribution in [0.2, 0.25) is 0 Å². The van der Waals surface area contributed by atoms with Crippen molar-refractivity contribution < 1.29 is 22.7 Å². The first-order valence-corrected chi connectivity index (χ1v) is 12.5. The molecule has 3 aromatic rings. The van der Waals surface area contributed by atoms with Crippen LogP contribution in [0.5, 0.6) is 11.5 Å². The Labute approximate surface area is 199 Å². The van der Waals surface area contributed by atoms with Crippen molar-refractivity contribution in [3.05, 3.63) is 72.1 Å². The van der Waals surface area contributed by atoms with Gasteiger partial charge in [-0.05, 0) is 54.3 Å². The average molecular weight is 482 g/mol. The van der Waals surface area contributed by atoms with Gasteiger partial charge in [-0.1, -0.05) is 31.0 Å². The summed E-state index contributed by atoms with van der Waals surface area (Å²) in [7, 11) is -0.663. The van der Waals surface area contributed by atoms with E-state index in [1.807, 2.05) is 18.2 Å². The number of carbonyl (C=O) groups excluding carboxylic acids is 1. The van der Waals surface area contributed by atoms with Gasteiger partial charge in [-0.15, -0.1) is 0 Å². The maximum Gasteiger partial charge on any atom is 0.264 e. The highest BCUT2D eigenvalue weighted by Gasteiger charge is 2.42. The quantitative estimate of drug-likeness (QED) is 0.494. The van der Waals surface area contributed by atoms with E-state index in [9.17, 15) is 13.2 Å². The van der Waals surface area contributed by atoms with E-state index >= 15 is 0 Å². The van der Waals surface area contributed by atoms with Gasteiger partial charge in [0.25, 0.3) is 10.0 Å². The lowest BCUT2D eigenvalue weighted by Gasteiger charge is -2.29. The van der Waals surface area contributed by atoms with E-state index in [0.29, 0.717) is 11.5 Å². The van der Waals surface area contributed by atoms with Gasteiger partial charge in [-0.3, -0.25) is 4.79 Å². The molecule has 0 bridgehead atoms. The second-order valence-electron chi connectivity index (χ2n) is 8.28. The fraction of sp³-hybridized carbons (Fsp3) is 0.320. The zero-order chi connectivity index (χ0) is 24.2. The third kappa shape index (κ3) is 4.75. The van der Waals surface area contributed by atoms with E-state index in [0.717, 1.165) is 36.8 Å². The highest BCUT2D eigenvalue weighted by atomic mass is 32.2. The predicted octanol–water partition coefficient (Wildman–Crippen LogP) is 3.92. The molecule has 8 nitrogen and oxygen atoms in total. The van der Waals surface area contributed by atoms with Gasteiger partial charge >= 0.3 is 0 Å². The molecule has 1 aliphatic rings. The zero-order valence-corrected chi connectivity index (χ0v) is 20.0. The molecule has 34 heavy (non-hydrogen) atoms. The summed E-state index contributed by atoms with van der Waals surface area (Å²) >= 11 is 0. The molecule has 4 rings (SSSR count). The largest absolute Gasteiger partial charge is 0.493 e. The third-order valence-corrected chi connectivity index (χ3v) is 7.66.